The molecule has 0 spiro atoms. The molecule has 6 heteroatoms. The summed E-state index contributed by atoms with van der Waals surface area (Å²) in [4.78, 5) is 25.9. The Morgan fingerprint density at radius 2 is 1.74 bits per heavy atom. The first-order valence-electron chi connectivity index (χ1n) is 7.87. The molecule has 1 fully saturated rings. The van der Waals surface area contributed by atoms with Gasteiger partial charge in [-0.25, -0.2) is 0 Å². The minimum absolute atomic E-state index is 0.0188. The minimum atomic E-state index is -0.243. The Labute approximate surface area is 137 Å². The monoisotopic (exact) mass is 319 g/mol. The Balaban J connectivity index is 1.86. The van der Waals surface area contributed by atoms with E-state index in [1.54, 1.807) is 17.0 Å². The normalized spacial score (nSPS) is 15.2. The first-order valence-corrected chi connectivity index (χ1v) is 7.87. The molecule has 0 aliphatic carbocycles. The summed E-state index contributed by atoms with van der Waals surface area (Å²) in [5.41, 5.74) is 1.22. The Hall–Kier alpha value is -2.08. The molecule has 1 aliphatic rings. The predicted octanol–water partition coefficient (Wildman–Crippen LogP) is 1.49. The van der Waals surface area contributed by atoms with Crippen LogP contribution in [0.2, 0.25) is 0 Å². The van der Waals surface area contributed by atoms with Crippen molar-refractivity contribution >= 4 is 17.5 Å². The van der Waals surface area contributed by atoms with Gasteiger partial charge < -0.3 is 20.3 Å². The van der Waals surface area contributed by atoms with E-state index in [-0.39, 0.29) is 23.9 Å². The highest BCUT2D eigenvalue weighted by molar-refractivity contribution is 5.94. The van der Waals surface area contributed by atoms with Gasteiger partial charge >= 0.3 is 0 Å². The summed E-state index contributed by atoms with van der Waals surface area (Å²) in [5, 5.41) is 5.94. The highest BCUT2D eigenvalue weighted by atomic mass is 16.5. The van der Waals surface area contributed by atoms with E-state index >= 15 is 0 Å². The van der Waals surface area contributed by atoms with Gasteiger partial charge in [-0.1, -0.05) is 0 Å². The molecule has 6 nitrogen and oxygen atoms in total. The first-order chi connectivity index (χ1) is 10.8. The average molecular weight is 319 g/mol. The molecule has 2 amide bonds. The molecular formula is C17H25N3O3. The van der Waals surface area contributed by atoms with Crippen LogP contribution in [0.3, 0.4) is 0 Å². The molecule has 0 radical (unpaired) electrons. The Bertz CT molecular complexity index is 543. The van der Waals surface area contributed by atoms with Crippen LogP contribution in [0.15, 0.2) is 24.3 Å². The molecule has 1 heterocycles. The van der Waals surface area contributed by atoms with Crippen molar-refractivity contribution in [3.8, 4) is 0 Å². The average Bonchev–Trinajstić information content (AvgIpc) is 2.52. The van der Waals surface area contributed by atoms with E-state index in [1.165, 1.54) is 0 Å². The third-order valence-electron chi connectivity index (χ3n) is 3.40. The number of nitrogens with zero attached hydrogens (tertiary/aromatic N) is 1. The molecule has 0 saturated carbocycles. The van der Waals surface area contributed by atoms with Crippen LogP contribution in [-0.2, 0) is 9.53 Å². The van der Waals surface area contributed by atoms with Crippen LogP contribution in [0, 0.1) is 0 Å². The van der Waals surface area contributed by atoms with E-state index in [1.807, 2.05) is 32.9 Å². The number of amides is 2. The molecule has 0 atom stereocenters. The topological polar surface area (TPSA) is 70.7 Å². The van der Waals surface area contributed by atoms with Crippen molar-refractivity contribution in [3.05, 3.63) is 29.8 Å². The van der Waals surface area contributed by atoms with E-state index in [2.05, 4.69) is 10.6 Å². The van der Waals surface area contributed by atoms with Crippen molar-refractivity contribution in [2.75, 3.05) is 38.2 Å². The highest BCUT2D eigenvalue weighted by Crippen LogP contribution is 2.12. The van der Waals surface area contributed by atoms with Crippen molar-refractivity contribution in [2.45, 2.75) is 26.3 Å². The summed E-state index contributed by atoms with van der Waals surface area (Å²) in [6.45, 7) is 8.47. The second-order valence-corrected chi connectivity index (χ2v) is 6.63. The Morgan fingerprint density at radius 3 is 2.30 bits per heavy atom. The second kappa shape index (κ2) is 7.46. The zero-order valence-corrected chi connectivity index (χ0v) is 14.0. The summed E-state index contributed by atoms with van der Waals surface area (Å²) in [5.74, 6) is -0.0451. The Morgan fingerprint density at radius 1 is 1.13 bits per heavy atom. The molecule has 1 aromatic carbocycles. The molecule has 2 rings (SSSR count). The molecule has 0 unspecified atom stereocenters. The van der Waals surface area contributed by atoms with Gasteiger partial charge in [0.15, 0.2) is 0 Å². The van der Waals surface area contributed by atoms with Crippen molar-refractivity contribution in [3.63, 3.8) is 0 Å². The van der Waals surface area contributed by atoms with Crippen molar-refractivity contribution in [1.29, 1.82) is 0 Å². The number of anilines is 1. The number of morpholine rings is 1. The van der Waals surface area contributed by atoms with Crippen LogP contribution in [0.1, 0.15) is 31.1 Å². The van der Waals surface area contributed by atoms with Crippen LogP contribution >= 0.6 is 0 Å². The number of hydrogen-bond acceptors (Lipinski definition) is 4. The van der Waals surface area contributed by atoms with E-state index in [9.17, 15) is 9.59 Å². The maximum absolute atomic E-state index is 12.3. The molecular weight excluding hydrogens is 294 g/mol. The number of ether oxygens (including phenoxy) is 1. The maximum atomic E-state index is 12.3. The number of rotatable bonds is 4. The van der Waals surface area contributed by atoms with Gasteiger partial charge in [-0.05, 0) is 45.0 Å². The summed E-state index contributed by atoms with van der Waals surface area (Å²) in [7, 11) is 0. The molecule has 0 aromatic heterocycles. The largest absolute Gasteiger partial charge is 0.378 e. The Kier molecular flexibility index (Phi) is 5.60. The fourth-order valence-electron chi connectivity index (χ4n) is 2.32. The lowest BCUT2D eigenvalue weighted by molar-refractivity contribution is -0.120. The van der Waals surface area contributed by atoms with Crippen molar-refractivity contribution in [1.82, 2.24) is 10.2 Å². The smallest absolute Gasteiger partial charge is 0.254 e. The van der Waals surface area contributed by atoms with Crippen LogP contribution in [0.25, 0.3) is 0 Å². The van der Waals surface area contributed by atoms with Crippen LogP contribution in [0.4, 0.5) is 5.69 Å². The van der Waals surface area contributed by atoms with E-state index < -0.39 is 0 Å². The van der Waals surface area contributed by atoms with E-state index in [0.717, 1.165) is 5.69 Å². The third kappa shape index (κ3) is 5.56. The van der Waals surface area contributed by atoms with Crippen molar-refractivity contribution in [2.24, 2.45) is 0 Å². The lowest BCUT2D eigenvalue weighted by Gasteiger charge is -2.26. The van der Waals surface area contributed by atoms with Gasteiger partial charge in [0.25, 0.3) is 5.91 Å². The molecule has 1 aromatic rings. The number of benzene rings is 1. The van der Waals surface area contributed by atoms with Crippen LogP contribution in [-0.4, -0.2) is 55.1 Å². The van der Waals surface area contributed by atoms with Crippen LogP contribution < -0.4 is 10.6 Å². The van der Waals surface area contributed by atoms with Gasteiger partial charge in [-0.2, -0.15) is 0 Å². The highest BCUT2D eigenvalue weighted by Gasteiger charge is 2.18. The zero-order chi connectivity index (χ0) is 16.9. The van der Waals surface area contributed by atoms with Crippen LogP contribution in [0.5, 0.6) is 0 Å². The zero-order valence-electron chi connectivity index (χ0n) is 14.0. The van der Waals surface area contributed by atoms with Gasteiger partial charge in [-0.15, -0.1) is 0 Å². The number of hydrogen-bond donors (Lipinski definition) is 2. The summed E-state index contributed by atoms with van der Waals surface area (Å²) in [6.07, 6.45) is 0. The minimum Gasteiger partial charge on any atom is -0.378 e. The van der Waals surface area contributed by atoms with E-state index in [0.29, 0.717) is 31.9 Å². The number of carbonyl (C=O) groups is 2. The van der Waals surface area contributed by atoms with Crippen molar-refractivity contribution < 1.29 is 14.3 Å². The maximum Gasteiger partial charge on any atom is 0.254 e. The molecule has 2 N–H and O–H groups in total. The summed E-state index contributed by atoms with van der Waals surface area (Å²) < 4.78 is 5.25. The van der Waals surface area contributed by atoms with Gasteiger partial charge in [0.2, 0.25) is 5.91 Å². The van der Waals surface area contributed by atoms with Gasteiger partial charge in [-0.3, -0.25) is 9.59 Å². The standard InChI is InChI=1S/C17H25N3O3/c1-17(2,3)19-15(21)12-18-14-6-4-13(5-7-14)16(22)20-8-10-23-11-9-20/h4-7,18H,8-12H2,1-3H3,(H,19,21). The molecule has 1 aliphatic heterocycles. The first kappa shape index (κ1) is 17.3. The fourth-order valence-corrected chi connectivity index (χ4v) is 2.32. The molecule has 0 bridgehead atoms. The lowest BCUT2D eigenvalue weighted by Crippen LogP contribution is -2.43. The molecule has 126 valence electrons. The van der Waals surface area contributed by atoms with Gasteiger partial charge in [0.1, 0.15) is 0 Å². The summed E-state index contributed by atoms with van der Waals surface area (Å²) in [6, 6.07) is 7.19. The number of nitrogens with one attached hydrogen (secondary N) is 2. The number of carbonyl (C=O) groups excluding carboxylic acids is 2. The molecule has 1 saturated heterocycles. The summed E-state index contributed by atoms with van der Waals surface area (Å²) >= 11 is 0. The second-order valence-electron chi connectivity index (χ2n) is 6.63. The van der Waals surface area contributed by atoms with E-state index in [4.69, 9.17) is 4.74 Å². The quantitative estimate of drug-likeness (QED) is 0.882. The SMILES string of the molecule is CC(C)(C)NC(=O)CNc1ccc(C(=O)N2CCOCC2)cc1. The fraction of sp³-hybridized carbons (Fsp3) is 0.529. The molecule has 23 heavy (non-hydrogen) atoms. The lowest BCUT2D eigenvalue weighted by atomic mass is 10.1. The predicted molar refractivity (Wildman–Crippen MR) is 89.5 cm³/mol. The third-order valence-corrected chi connectivity index (χ3v) is 3.40. The van der Waals surface area contributed by atoms with Gasteiger partial charge in [0, 0.05) is 29.9 Å². The van der Waals surface area contributed by atoms with Gasteiger partial charge in [0.05, 0.1) is 19.8 Å².